The number of hydrogen-bond donors (Lipinski definition) is 2. The van der Waals surface area contributed by atoms with Crippen LogP contribution in [0.5, 0.6) is 0 Å². The van der Waals surface area contributed by atoms with Crippen molar-refractivity contribution in [3.05, 3.63) is 29.3 Å². The van der Waals surface area contributed by atoms with Gasteiger partial charge in [-0.25, -0.2) is 0 Å². The molecule has 2 N–H and O–H groups in total. The van der Waals surface area contributed by atoms with Gasteiger partial charge in [0.15, 0.2) is 5.69 Å². The van der Waals surface area contributed by atoms with E-state index in [9.17, 15) is 4.79 Å². The highest BCUT2D eigenvalue weighted by Gasteiger charge is 2.10. The molecule has 5 nitrogen and oxygen atoms in total. The Hall–Kier alpha value is -1.66. The van der Waals surface area contributed by atoms with Gasteiger partial charge in [-0.05, 0) is 17.5 Å². The van der Waals surface area contributed by atoms with Gasteiger partial charge in [-0.3, -0.25) is 9.89 Å². The number of H-pyrrole nitrogens is 1. The zero-order valence-electron chi connectivity index (χ0n) is 9.40. The van der Waals surface area contributed by atoms with Crippen molar-refractivity contribution < 1.29 is 9.53 Å². The standard InChI is InChI=1S/C11H13N3O2S/c1-16-5-4-12-11(15)9-7-8(13-14-9)10-3-2-6-17-10/h2-3,6-7H,4-5H2,1H3,(H,12,15)(H,13,14). The number of hydrogen-bond acceptors (Lipinski definition) is 4. The fourth-order valence-electron chi connectivity index (χ4n) is 1.35. The lowest BCUT2D eigenvalue weighted by molar-refractivity contribution is 0.0932. The Labute approximate surface area is 103 Å². The van der Waals surface area contributed by atoms with Crippen LogP contribution in [0.4, 0.5) is 0 Å². The lowest BCUT2D eigenvalue weighted by Gasteiger charge is -2.00. The summed E-state index contributed by atoms with van der Waals surface area (Å²) in [5.41, 5.74) is 1.25. The second-order valence-corrected chi connectivity index (χ2v) is 4.34. The molecular formula is C11H13N3O2S. The van der Waals surface area contributed by atoms with Gasteiger partial charge in [0.25, 0.3) is 5.91 Å². The zero-order chi connectivity index (χ0) is 12.1. The number of rotatable bonds is 5. The van der Waals surface area contributed by atoms with Crippen molar-refractivity contribution in [3.63, 3.8) is 0 Å². The molecule has 0 radical (unpaired) electrons. The maximum Gasteiger partial charge on any atom is 0.271 e. The van der Waals surface area contributed by atoms with E-state index >= 15 is 0 Å². The normalized spacial score (nSPS) is 10.4. The zero-order valence-corrected chi connectivity index (χ0v) is 10.2. The molecule has 0 aliphatic heterocycles. The number of thiophene rings is 1. The number of amides is 1. The third-order valence-corrected chi connectivity index (χ3v) is 3.09. The van der Waals surface area contributed by atoms with Gasteiger partial charge < -0.3 is 10.1 Å². The molecule has 0 unspecified atom stereocenters. The van der Waals surface area contributed by atoms with Crippen molar-refractivity contribution in [3.8, 4) is 10.6 Å². The molecule has 0 bridgehead atoms. The second kappa shape index (κ2) is 5.60. The third kappa shape index (κ3) is 2.92. The average molecular weight is 251 g/mol. The van der Waals surface area contributed by atoms with Crippen LogP contribution in [-0.4, -0.2) is 36.4 Å². The molecule has 17 heavy (non-hydrogen) atoms. The summed E-state index contributed by atoms with van der Waals surface area (Å²) in [6.07, 6.45) is 0. The summed E-state index contributed by atoms with van der Waals surface area (Å²) in [7, 11) is 1.59. The smallest absolute Gasteiger partial charge is 0.271 e. The Morgan fingerprint density at radius 2 is 2.53 bits per heavy atom. The molecule has 0 atom stereocenters. The van der Waals surface area contributed by atoms with Crippen LogP contribution < -0.4 is 5.32 Å². The minimum Gasteiger partial charge on any atom is -0.383 e. The van der Waals surface area contributed by atoms with Crippen molar-refractivity contribution in [2.45, 2.75) is 0 Å². The van der Waals surface area contributed by atoms with Crippen molar-refractivity contribution in [2.75, 3.05) is 20.3 Å². The van der Waals surface area contributed by atoms with Gasteiger partial charge in [0.05, 0.1) is 17.2 Å². The van der Waals surface area contributed by atoms with Crippen LogP contribution in [0.15, 0.2) is 23.6 Å². The molecule has 0 aliphatic rings. The van der Waals surface area contributed by atoms with Crippen LogP contribution in [0.25, 0.3) is 10.6 Å². The van der Waals surface area contributed by atoms with Gasteiger partial charge in [0.1, 0.15) is 0 Å². The number of aromatic amines is 1. The van der Waals surface area contributed by atoms with E-state index in [0.29, 0.717) is 18.8 Å². The SMILES string of the molecule is COCCNC(=O)c1cc(-c2cccs2)[nH]n1. The van der Waals surface area contributed by atoms with Crippen LogP contribution in [0, 0.1) is 0 Å². The van der Waals surface area contributed by atoms with Crippen LogP contribution in [0.2, 0.25) is 0 Å². The van der Waals surface area contributed by atoms with Crippen LogP contribution in [0.3, 0.4) is 0 Å². The monoisotopic (exact) mass is 251 g/mol. The van der Waals surface area contributed by atoms with Crippen LogP contribution in [0.1, 0.15) is 10.5 Å². The van der Waals surface area contributed by atoms with E-state index in [2.05, 4.69) is 15.5 Å². The molecule has 0 spiro atoms. The van der Waals surface area contributed by atoms with E-state index in [1.807, 2.05) is 17.5 Å². The van der Waals surface area contributed by atoms with Gasteiger partial charge in [0, 0.05) is 13.7 Å². The first-order chi connectivity index (χ1) is 8.31. The molecule has 6 heteroatoms. The van der Waals surface area contributed by atoms with E-state index in [1.54, 1.807) is 24.5 Å². The predicted molar refractivity (Wildman–Crippen MR) is 66.1 cm³/mol. The average Bonchev–Trinajstić information content (AvgIpc) is 3.00. The Bertz CT molecular complexity index is 479. The number of methoxy groups -OCH3 is 1. The summed E-state index contributed by atoms with van der Waals surface area (Å²) < 4.78 is 4.85. The van der Waals surface area contributed by atoms with E-state index in [4.69, 9.17) is 4.74 Å². The molecule has 0 saturated carbocycles. The van der Waals surface area contributed by atoms with Gasteiger partial charge in [-0.1, -0.05) is 6.07 Å². The van der Waals surface area contributed by atoms with Gasteiger partial charge >= 0.3 is 0 Å². The highest BCUT2D eigenvalue weighted by Crippen LogP contribution is 2.22. The Balaban J connectivity index is 2.01. The van der Waals surface area contributed by atoms with Gasteiger partial charge in [0.2, 0.25) is 0 Å². The minimum absolute atomic E-state index is 0.193. The summed E-state index contributed by atoms with van der Waals surface area (Å²) in [4.78, 5) is 12.7. The molecule has 2 aromatic heterocycles. The number of nitrogens with zero attached hydrogens (tertiary/aromatic N) is 1. The lowest BCUT2D eigenvalue weighted by atomic mass is 10.3. The second-order valence-electron chi connectivity index (χ2n) is 3.39. The lowest BCUT2D eigenvalue weighted by Crippen LogP contribution is -2.27. The molecule has 90 valence electrons. The number of aromatic nitrogens is 2. The van der Waals surface area contributed by atoms with Crippen LogP contribution in [-0.2, 0) is 4.74 Å². The number of carbonyl (C=O) groups excluding carboxylic acids is 1. The molecule has 2 heterocycles. The summed E-state index contributed by atoms with van der Waals surface area (Å²) >= 11 is 1.60. The molecule has 0 aliphatic carbocycles. The molecular weight excluding hydrogens is 238 g/mol. The molecule has 1 amide bonds. The topological polar surface area (TPSA) is 67.0 Å². The predicted octanol–water partition coefficient (Wildman–Crippen LogP) is 1.51. The van der Waals surface area contributed by atoms with Gasteiger partial charge in [-0.2, -0.15) is 5.10 Å². The van der Waals surface area contributed by atoms with Crippen molar-refractivity contribution in [2.24, 2.45) is 0 Å². The first kappa shape index (κ1) is 11.8. The van der Waals surface area contributed by atoms with E-state index in [-0.39, 0.29) is 5.91 Å². The van der Waals surface area contributed by atoms with E-state index in [0.717, 1.165) is 10.6 Å². The van der Waals surface area contributed by atoms with Gasteiger partial charge in [-0.15, -0.1) is 11.3 Å². The van der Waals surface area contributed by atoms with Crippen molar-refractivity contribution in [1.82, 2.24) is 15.5 Å². The summed E-state index contributed by atoms with van der Waals surface area (Å²) in [6, 6.07) is 5.68. The third-order valence-electron chi connectivity index (χ3n) is 2.19. The quantitative estimate of drug-likeness (QED) is 0.792. The maximum absolute atomic E-state index is 11.7. The summed E-state index contributed by atoms with van der Waals surface area (Å²) in [5.74, 6) is -0.193. The molecule has 0 saturated heterocycles. The van der Waals surface area contributed by atoms with E-state index < -0.39 is 0 Å². The Morgan fingerprint density at radius 1 is 1.65 bits per heavy atom. The van der Waals surface area contributed by atoms with Crippen molar-refractivity contribution in [1.29, 1.82) is 0 Å². The number of carbonyl (C=O) groups is 1. The Morgan fingerprint density at radius 3 is 3.24 bits per heavy atom. The first-order valence-corrected chi connectivity index (χ1v) is 6.05. The van der Waals surface area contributed by atoms with Crippen LogP contribution >= 0.6 is 11.3 Å². The molecule has 0 aromatic carbocycles. The summed E-state index contributed by atoms with van der Waals surface area (Å²) in [6.45, 7) is 0.977. The molecule has 2 rings (SSSR count). The fourth-order valence-corrected chi connectivity index (χ4v) is 2.05. The molecule has 2 aromatic rings. The number of ether oxygens (including phenoxy) is 1. The van der Waals surface area contributed by atoms with E-state index in [1.165, 1.54) is 0 Å². The fraction of sp³-hybridized carbons (Fsp3) is 0.273. The Kier molecular flexibility index (Phi) is 3.89. The minimum atomic E-state index is -0.193. The summed E-state index contributed by atoms with van der Waals surface area (Å²) in [5, 5.41) is 11.5. The maximum atomic E-state index is 11.7. The largest absolute Gasteiger partial charge is 0.383 e. The first-order valence-electron chi connectivity index (χ1n) is 5.17. The highest BCUT2D eigenvalue weighted by molar-refractivity contribution is 7.13. The molecule has 0 fully saturated rings. The van der Waals surface area contributed by atoms with Crippen molar-refractivity contribution >= 4 is 17.2 Å². The highest BCUT2D eigenvalue weighted by atomic mass is 32.1. The number of nitrogens with one attached hydrogen (secondary N) is 2.